The van der Waals surface area contributed by atoms with Crippen LogP contribution in [0.25, 0.3) is 0 Å². The number of nitrogens with one attached hydrogen (secondary N) is 1. The maximum Gasteiger partial charge on any atom is 0.338 e. The van der Waals surface area contributed by atoms with Crippen molar-refractivity contribution in [2.75, 3.05) is 10.2 Å². The van der Waals surface area contributed by atoms with Crippen LogP contribution in [0.3, 0.4) is 0 Å². The minimum Gasteiger partial charge on any atom is -0.505 e. The lowest BCUT2D eigenvalue weighted by molar-refractivity contribution is -0.119. The van der Waals surface area contributed by atoms with E-state index in [9.17, 15) is 28.6 Å². The van der Waals surface area contributed by atoms with E-state index in [-0.39, 0.29) is 22.6 Å². The van der Waals surface area contributed by atoms with E-state index >= 15 is 0 Å². The summed E-state index contributed by atoms with van der Waals surface area (Å²) >= 11 is 0. The summed E-state index contributed by atoms with van der Waals surface area (Å²) in [7, 11) is 0. The first-order valence-corrected chi connectivity index (χ1v) is 9.08. The molecule has 0 radical (unpaired) electrons. The van der Waals surface area contributed by atoms with Crippen molar-refractivity contribution < 1.29 is 28.6 Å². The van der Waals surface area contributed by atoms with Crippen LogP contribution < -0.4 is 16.0 Å². The van der Waals surface area contributed by atoms with Gasteiger partial charge in [-0.1, -0.05) is 18.2 Å². The van der Waals surface area contributed by atoms with Gasteiger partial charge < -0.3 is 26.2 Å². The minimum absolute atomic E-state index is 0.0805. The number of amides is 1. The van der Waals surface area contributed by atoms with Gasteiger partial charge in [0.2, 0.25) is 5.91 Å². The second-order valence-electron chi connectivity index (χ2n) is 6.88. The summed E-state index contributed by atoms with van der Waals surface area (Å²) in [6.07, 6.45) is 0.442. The number of rotatable bonds is 5. The van der Waals surface area contributed by atoms with E-state index in [4.69, 9.17) is 5.73 Å². The van der Waals surface area contributed by atoms with Gasteiger partial charge in [0.25, 0.3) is 0 Å². The zero-order chi connectivity index (χ0) is 22.3. The average Bonchev–Trinajstić information content (AvgIpc) is 3.10. The molecule has 10 heteroatoms. The van der Waals surface area contributed by atoms with E-state index in [0.29, 0.717) is 5.56 Å². The smallest absolute Gasteiger partial charge is 0.338 e. The van der Waals surface area contributed by atoms with Crippen molar-refractivity contribution in [3.05, 3.63) is 83.1 Å². The molecule has 2 heterocycles. The number of phenols is 1. The number of aromatic carboxylic acids is 1. The molecule has 0 spiro atoms. The van der Waals surface area contributed by atoms with Gasteiger partial charge in [-0.2, -0.15) is 0 Å². The molecule has 0 saturated heterocycles. The number of benzene rings is 2. The van der Waals surface area contributed by atoms with E-state index < -0.39 is 41.5 Å². The van der Waals surface area contributed by atoms with Crippen molar-refractivity contribution in [1.29, 1.82) is 0 Å². The zero-order valence-electron chi connectivity index (χ0n) is 15.8. The lowest BCUT2D eigenvalue weighted by Gasteiger charge is -2.34. The summed E-state index contributed by atoms with van der Waals surface area (Å²) in [6, 6.07) is 8.60. The molecule has 2 aromatic carbocycles. The van der Waals surface area contributed by atoms with E-state index in [1.807, 2.05) is 0 Å². The number of phenolic OH excluding ortho intramolecular Hbond substituents is 1. The van der Waals surface area contributed by atoms with Crippen LogP contribution in [-0.2, 0) is 4.79 Å². The van der Waals surface area contributed by atoms with Crippen molar-refractivity contribution in [1.82, 2.24) is 4.98 Å². The van der Waals surface area contributed by atoms with Crippen LogP contribution in [-0.4, -0.2) is 27.1 Å². The number of carboxylic acid groups (broad SMARTS) is 1. The molecule has 0 bridgehead atoms. The number of pyridine rings is 1. The largest absolute Gasteiger partial charge is 0.505 e. The predicted molar refractivity (Wildman–Crippen MR) is 106 cm³/mol. The first kappa shape index (κ1) is 20.1. The first-order chi connectivity index (χ1) is 14.8. The van der Waals surface area contributed by atoms with Gasteiger partial charge in [0, 0.05) is 6.20 Å². The number of nitrogens with two attached hydrogens (primary N) is 1. The SMILES string of the molecule is NC(=O)C(c1ccc(F)c(O)c1)N1c2c(C(=O)O)ccnc2NC1c1ccc(F)cc1. The zero-order valence-corrected chi connectivity index (χ0v) is 15.8. The number of fused-ring (bicyclic) bond motifs is 1. The highest BCUT2D eigenvalue weighted by Crippen LogP contribution is 2.47. The number of primary amides is 1. The van der Waals surface area contributed by atoms with Crippen molar-refractivity contribution in [3.63, 3.8) is 0 Å². The van der Waals surface area contributed by atoms with Crippen LogP contribution in [0, 0.1) is 11.6 Å². The van der Waals surface area contributed by atoms with Gasteiger partial charge in [0.1, 0.15) is 18.0 Å². The molecule has 8 nitrogen and oxygen atoms in total. The van der Waals surface area contributed by atoms with Gasteiger partial charge in [-0.3, -0.25) is 4.79 Å². The molecular formula is C21H16F2N4O4. The highest BCUT2D eigenvalue weighted by Gasteiger charge is 2.42. The van der Waals surface area contributed by atoms with Crippen LogP contribution in [0.5, 0.6) is 5.75 Å². The molecule has 4 rings (SSSR count). The van der Waals surface area contributed by atoms with Gasteiger partial charge in [0.05, 0.1) is 11.3 Å². The number of nitrogens with zero attached hydrogens (tertiary/aromatic N) is 2. The fourth-order valence-corrected chi connectivity index (χ4v) is 3.65. The lowest BCUT2D eigenvalue weighted by atomic mass is 10.0. The van der Waals surface area contributed by atoms with Crippen molar-refractivity contribution in [2.24, 2.45) is 5.73 Å². The Kier molecular flexibility index (Phi) is 4.90. The van der Waals surface area contributed by atoms with Crippen LogP contribution in [0.15, 0.2) is 54.7 Å². The standard InChI is InChI=1S/C21H16F2N4O4/c22-12-4-1-10(2-5-12)20-26-19-17(13(21(30)31)7-8-25-19)27(20)16(18(24)29)11-3-6-14(23)15(28)9-11/h1-9,16,20,28H,(H2,24,29)(H,25,26)(H,30,31). The van der Waals surface area contributed by atoms with E-state index in [1.54, 1.807) is 0 Å². The van der Waals surface area contributed by atoms with Crippen molar-refractivity contribution >= 4 is 23.4 Å². The Balaban J connectivity index is 1.94. The molecule has 31 heavy (non-hydrogen) atoms. The molecule has 0 fully saturated rings. The number of carbonyl (C=O) groups excluding carboxylic acids is 1. The Hall–Kier alpha value is -4.21. The monoisotopic (exact) mass is 426 g/mol. The predicted octanol–water partition coefficient (Wildman–Crippen LogP) is 2.92. The molecule has 5 N–H and O–H groups in total. The maximum absolute atomic E-state index is 13.6. The Morgan fingerprint density at radius 2 is 1.84 bits per heavy atom. The molecule has 1 aromatic heterocycles. The Morgan fingerprint density at radius 3 is 2.45 bits per heavy atom. The molecule has 1 aliphatic rings. The highest BCUT2D eigenvalue weighted by molar-refractivity contribution is 6.01. The Labute approximate surface area is 174 Å². The first-order valence-electron chi connectivity index (χ1n) is 9.08. The van der Waals surface area contributed by atoms with Gasteiger partial charge in [-0.15, -0.1) is 0 Å². The number of hydrogen-bond acceptors (Lipinski definition) is 6. The molecular weight excluding hydrogens is 410 g/mol. The molecule has 2 unspecified atom stereocenters. The fraction of sp³-hybridized carbons (Fsp3) is 0.0952. The van der Waals surface area contributed by atoms with Crippen molar-refractivity contribution in [3.8, 4) is 5.75 Å². The van der Waals surface area contributed by atoms with Crippen LogP contribution in [0.1, 0.15) is 33.7 Å². The van der Waals surface area contributed by atoms with Crippen LogP contribution in [0.2, 0.25) is 0 Å². The van der Waals surface area contributed by atoms with Gasteiger partial charge in [0.15, 0.2) is 17.4 Å². The molecule has 0 aliphatic carbocycles. The maximum atomic E-state index is 13.6. The second-order valence-corrected chi connectivity index (χ2v) is 6.88. The lowest BCUT2D eigenvalue weighted by Crippen LogP contribution is -2.40. The number of halogens is 2. The number of carbonyl (C=O) groups is 2. The Bertz CT molecular complexity index is 1190. The van der Waals surface area contributed by atoms with E-state index in [2.05, 4.69) is 10.3 Å². The topological polar surface area (TPSA) is 129 Å². The molecule has 1 amide bonds. The number of aromatic hydroxyl groups is 1. The number of hydrogen-bond donors (Lipinski definition) is 4. The quantitative estimate of drug-likeness (QED) is 0.494. The summed E-state index contributed by atoms with van der Waals surface area (Å²) in [4.78, 5) is 30.0. The third kappa shape index (κ3) is 3.48. The van der Waals surface area contributed by atoms with E-state index in [1.165, 1.54) is 47.5 Å². The number of anilines is 2. The number of aromatic nitrogens is 1. The fourth-order valence-electron chi connectivity index (χ4n) is 3.65. The summed E-state index contributed by atoms with van der Waals surface area (Å²) in [6.45, 7) is 0. The molecule has 1 aliphatic heterocycles. The van der Waals surface area contributed by atoms with Crippen LogP contribution >= 0.6 is 0 Å². The Morgan fingerprint density at radius 1 is 1.13 bits per heavy atom. The van der Waals surface area contributed by atoms with Gasteiger partial charge in [-0.05, 0) is 41.5 Å². The van der Waals surface area contributed by atoms with Crippen LogP contribution in [0.4, 0.5) is 20.3 Å². The molecule has 158 valence electrons. The summed E-state index contributed by atoms with van der Waals surface area (Å²) in [5.41, 5.74) is 6.23. The van der Waals surface area contributed by atoms with Gasteiger partial charge in [-0.25, -0.2) is 18.6 Å². The van der Waals surface area contributed by atoms with Crippen molar-refractivity contribution in [2.45, 2.75) is 12.2 Å². The third-order valence-corrected chi connectivity index (χ3v) is 4.98. The molecule has 0 saturated carbocycles. The minimum atomic E-state index is -1.31. The molecule has 2 atom stereocenters. The highest BCUT2D eigenvalue weighted by atomic mass is 19.1. The second kappa shape index (κ2) is 7.56. The summed E-state index contributed by atoms with van der Waals surface area (Å²) < 4.78 is 27.1. The summed E-state index contributed by atoms with van der Waals surface area (Å²) in [5.74, 6) is -4.05. The normalized spacial score (nSPS) is 15.8. The van der Waals surface area contributed by atoms with Gasteiger partial charge >= 0.3 is 5.97 Å². The molecule has 3 aromatic rings. The van der Waals surface area contributed by atoms with E-state index in [0.717, 1.165) is 12.1 Å². The number of carboxylic acids is 1. The third-order valence-electron chi connectivity index (χ3n) is 4.98. The average molecular weight is 426 g/mol. The summed E-state index contributed by atoms with van der Waals surface area (Å²) in [5, 5.41) is 22.5.